The average Bonchev–Trinajstić information content (AvgIpc) is 3.01. The second kappa shape index (κ2) is 5.97. The highest BCUT2D eigenvalue weighted by Crippen LogP contribution is 2.24. The molecule has 3 heterocycles. The number of halogens is 1. The van der Waals surface area contributed by atoms with Crippen molar-refractivity contribution in [2.45, 2.75) is 6.42 Å². The molecule has 0 unspecified atom stereocenters. The first-order valence-corrected chi connectivity index (χ1v) is 7.35. The Hall–Kier alpha value is -1.33. The van der Waals surface area contributed by atoms with E-state index in [0.29, 0.717) is 18.2 Å². The number of nitrogens with zero attached hydrogens (tertiary/aromatic N) is 3. The minimum Gasteiger partial charge on any atom is -0.381 e. The highest BCUT2D eigenvalue weighted by atomic mass is 35.5. The SMILES string of the molecule is O=C([C@H]1CCOC1)N1CCN(c2ncccc2Cl)CC1. The molecule has 3 rings (SSSR count). The molecule has 2 saturated heterocycles. The number of carbonyl (C=O) groups is 1. The van der Waals surface area contributed by atoms with Crippen molar-refractivity contribution in [2.75, 3.05) is 44.3 Å². The van der Waals surface area contributed by atoms with Gasteiger partial charge in [-0.15, -0.1) is 0 Å². The van der Waals surface area contributed by atoms with Gasteiger partial charge in [-0.05, 0) is 18.6 Å². The molecule has 0 N–H and O–H groups in total. The van der Waals surface area contributed by atoms with E-state index in [1.54, 1.807) is 6.20 Å². The summed E-state index contributed by atoms with van der Waals surface area (Å²) in [6, 6.07) is 3.67. The number of rotatable bonds is 2. The lowest BCUT2D eigenvalue weighted by atomic mass is 10.1. The summed E-state index contributed by atoms with van der Waals surface area (Å²) in [4.78, 5) is 20.7. The number of aromatic nitrogens is 1. The predicted octanol–water partition coefficient (Wildman–Crippen LogP) is 1.42. The molecule has 0 radical (unpaired) electrons. The van der Waals surface area contributed by atoms with Gasteiger partial charge in [-0.2, -0.15) is 0 Å². The van der Waals surface area contributed by atoms with Crippen LogP contribution in [-0.4, -0.2) is 55.2 Å². The summed E-state index contributed by atoms with van der Waals surface area (Å²) < 4.78 is 5.29. The molecule has 5 nitrogen and oxygen atoms in total. The highest BCUT2D eigenvalue weighted by Gasteiger charge is 2.30. The maximum absolute atomic E-state index is 12.3. The maximum atomic E-state index is 12.3. The van der Waals surface area contributed by atoms with E-state index in [4.69, 9.17) is 16.3 Å². The molecule has 1 aromatic heterocycles. The first-order chi connectivity index (χ1) is 9.75. The van der Waals surface area contributed by atoms with E-state index in [1.807, 2.05) is 17.0 Å². The lowest BCUT2D eigenvalue weighted by molar-refractivity contribution is -0.135. The fourth-order valence-electron chi connectivity index (χ4n) is 2.74. The Kier molecular flexibility index (Phi) is 4.08. The van der Waals surface area contributed by atoms with Gasteiger partial charge >= 0.3 is 0 Å². The van der Waals surface area contributed by atoms with Crippen molar-refractivity contribution >= 4 is 23.3 Å². The van der Waals surface area contributed by atoms with E-state index in [1.165, 1.54) is 0 Å². The minimum atomic E-state index is 0.0555. The molecule has 20 heavy (non-hydrogen) atoms. The molecule has 108 valence electrons. The van der Waals surface area contributed by atoms with Crippen LogP contribution in [0, 0.1) is 5.92 Å². The van der Waals surface area contributed by atoms with Crippen LogP contribution in [0.4, 0.5) is 5.82 Å². The van der Waals surface area contributed by atoms with Crippen LogP contribution in [0.1, 0.15) is 6.42 Å². The second-order valence-electron chi connectivity index (χ2n) is 5.18. The zero-order valence-corrected chi connectivity index (χ0v) is 12.1. The Morgan fingerprint density at radius 2 is 2.15 bits per heavy atom. The summed E-state index contributed by atoms with van der Waals surface area (Å²) in [5.74, 6) is 1.10. The molecule has 6 heteroatoms. The first kappa shape index (κ1) is 13.6. The molecular weight excluding hydrogens is 278 g/mol. The number of anilines is 1. The van der Waals surface area contributed by atoms with E-state index >= 15 is 0 Å². The molecule has 0 spiro atoms. The van der Waals surface area contributed by atoms with Crippen LogP contribution < -0.4 is 4.90 Å². The first-order valence-electron chi connectivity index (χ1n) is 6.97. The van der Waals surface area contributed by atoms with Gasteiger partial charge in [0.25, 0.3) is 0 Å². The Labute approximate surface area is 123 Å². The van der Waals surface area contributed by atoms with Crippen molar-refractivity contribution in [3.05, 3.63) is 23.4 Å². The normalized spacial score (nSPS) is 23.1. The van der Waals surface area contributed by atoms with Gasteiger partial charge in [-0.25, -0.2) is 4.98 Å². The van der Waals surface area contributed by atoms with Gasteiger partial charge < -0.3 is 14.5 Å². The van der Waals surface area contributed by atoms with Crippen LogP contribution in [0.3, 0.4) is 0 Å². The molecule has 1 atom stereocenters. The van der Waals surface area contributed by atoms with Crippen LogP contribution in [0.2, 0.25) is 5.02 Å². The van der Waals surface area contributed by atoms with Gasteiger partial charge in [-0.3, -0.25) is 4.79 Å². The van der Waals surface area contributed by atoms with E-state index < -0.39 is 0 Å². The number of carbonyl (C=O) groups excluding carboxylic acids is 1. The fourth-order valence-corrected chi connectivity index (χ4v) is 2.98. The number of hydrogen-bond acceptors (Lipinski definition) is 4. The Morgan fingerprint density at radius 3 is 2.80 bits per heavy atom. The second-order valence-corrected chi connectivity index (χ2v) is 5.59. The molecule has 2 fully saturated rings. The zero-order chi connectivity index (χ0) is 13.9. The standard InChI is InChI=1S/C14H18ClN3O2/c15-12-2-1-4-16-13(12)17-5-7-18(8-6-17)14(19)11-3-9-20-10-11/h1-2,4,11H,3,5-10H2/t11-/m0/s1. The third-order valence-corrected chi connectivity index (χ3v) is 4.20. The quantitative estimate of drug-likeness (QED) is 0.828. The largest absolute Gasteiger partial charge is 0.381 e. The Bertz CT molecular complexity index is 483. The molecule has 2 aliphatic heterocycles. The van der Waals surface area contributed by atoms with Gasteiger partial charge in [0.15, 0.2) is 0 Å². The van der Waals surface area contributed by atoms with Gasteiger partial charge in [0.1, 0.15) is 5.82 Å². The molecule has 2 aliphatic rings. The summed E-state index contributed by atoms with van der Waals surface area (Å²) in [5, 5.41) is 0.663. The summed E-state index contributed by atoms with van der Waals surface area (Å²) >= 11 is 6.16. The highest BCUT2D eigenvalue weighted by molar-refractivity contribution is 6.32. The van der Waals surface area contributed by atoms with Crippen molar-refractivity contribution in [3.63, 3.8) is 0 Å². The zero-order valence-electron chi connectivity index (χ0n) is 11.3. The number of ether oxygens (including phenoxy) is 1. The van der Waals surface area contributed by atoms with Crippen LogP contribution in [-0.2, 0) is 9.53 Å². The molecule has 0 aromatic carbocycles. The number of hydrogen-bond donors (Lipinski definition) is 0. The average molecular weight is 296 g/mol. The summed E-state index contributed by atoms with van der Waals surface area (Å²) in [7, 11) is 0. The third kappa shape index (κ3) is 2.74. The lowest BCUT2D eigenvalue weighted by Crippen LogP contribution is -2.50. The van der Waals surface area contributed by atoms with Crippen molar-refractivity contribution in [2.24, 2.45) is 5.92 Å². The van der Waals surface area contributed by atoms with Crippen LogP contribution in [0.15, 0.2) is 18.3 Å². The van der Waals surface area contributed by atoms with Gasteiger partial charge in [-0.1, -0.05) is 11.6 Å². The predicted molar refractivity (Wildman–Crippen MR) is 77.0 cm³/mol. The lowest BCUT2D eigenvalue weighted by Gasteiger charge is -2.36. The van der Waals surface area contributed by atoms with Crippen molar-refractivity contribution in [1.82, 2.24) is 9.88 Å². The molecule has 1 amide bonds. The summed E-state index contributed by atoms with van der Waals surface area (Å²) in [5.41, 5.74) is 0. The van der Waals surface area contributed by atoms with Gasteiger partial charge in [0.2, 0.25) is 5.91 Å². The molecule has 1 aromatic rings. The van der Waals surface area contributed by atoms with Crippen molar-refractivity contribution in [3.8, 4) is 0 Å². The van der Waals surface area contributed by atoms with Crippen molar-refractivity contribution in [1.29, 1.82) is 0 Å². The summed E-state index contributed by atoms with van der Waals surface area (Å²) in [6.45, 7) is 4.28. The van der Waals surface area contributed by atoms with E-state index in [9.17, 15) is 4.79 Å². The third-order valence-electron chi connectivity index (χ3n) is 3.91. The van der Waals surface area contributed by atoms with E-state index in [2.05, 4.69) is 9.88 Å². The molecule has 0 saturated carbocycles. The minimum absolute atomic E-state index is 0.0555. The smallest absolute Gasteiger partial charge is 0.228 e. The maximum Gasteiger partial charge on any atom is 0.228 e. The molecule has 0 aliphatic carbocycles. The summed E-state index contributed by atoms with van der Waals surface area (Å²) in [6.07, 6.45) is 2.60. The van der Waals surface area contributed by atoms with Gasteiger partial charge in [0, 0.05) is 39.0 Å². The van der Waals surface area contributed by atoms with Crippen LogP contribution in [0.25, 0.3) is 0 Å². The monoisotopic (exact) mass is 295 g/mol. The number of pyridine rings is 1. The van der Waals surface area contributed by atoms with Crippen LogP contribution in [0.5, 0.6) is 0 Å². The topological polar surface area (TPSA) is 45.7 Å². The van der Waals surface area contributed by atoms with Crippen molar-refractivity contribution < 1.29 is 9.53 Å². The molecular formula is C14H18ClN3O2. The Morgan fingerprint density at radius 1 is 1.35 bits per heavy atom. The number of piperazine rings is 1. The van der Waals surface area contributed by atoms with Crippen LogP contribution >= 0.6 is 11.6 Å². The fraction of sp³-hybridized carbons (Fsp3) is 0.571. The van der Waals surface area contributed by atoms with E-state index in [0.717, 1.165) is 38.4 Å². The number of amides is 1. The Balaban J connectivity index is 1.59. The molecule has 0 bridgehead atoms. The van der Waals surface area contributed by atoms with Gasteiger partial charge in [0.05, 0.1) is 17.5 Å². The van der Waals surface area contributed by atoms with E-state index in [-0.39, 0.29) is 11.8 Å².